The normalized spacial score (nSPS) is 10.4. The van der Waals surface area contributed by atoms with Gasteiger partial charge >= 0.3 is 6.03 Å². The summed E-state index contributed by atoms with van der Waals surface area (Å²) in [5, 5.41) is 13.5. The molecule has 2 N–H and O–H groups in total. The second-order valence-corrected chi connectivity index (χ2v) is 5.44. The van der Waals surface area contributed by atoms with Gasteiger partial charge in [-0.05, 0) is 36.2 Å². The molecule has 0 aliphatic rings. The van der Waals surface area contributed by atoms with Gasteiger partial charge < -0.3 is 10.6 Å². The third-order valence-electron chi connectivity index (χ3n) is 3.67. The third kappa shape index (κ3) is 4.63. The molecule has 0 bridgehead atoms. The zero-order valence-corrected chi connectivity index (χ0v) is 13.5. The lowest BCUT2D eigenvalue weighted by Gasteiger charge is -2.09. The van der Waals surface area contributed by atoms with E-state index in [1.807, 2.05) is 34.9 Å². The molecule has 25 heavy (non-hydrogen) atoms. The van der Waals surface area contributed by atoms with Crippen molar-refractivity contribution in [1.29, 1.82) is 0 Å². The summed E-state index contributed by atoms with van der Waals surface area (Å²) in [7, 11) is 0. The number of benzene rings is 2. The summed E-state index contributed by atoms with van der Waals surface area (Å²) < 4.78 is 14.7. The van der Waals surface area contributed by atoms with E-state index in [2.05, 4.69) is 20.8 Å². The number of halogens is 1. The van der Waals surface area contributed by atoms with E-state index in [0.29, 0.717) is 18.8 Å². The maximum absolute atomic E-state index is 12.8. The molecule has 1 aromatic heterocycles. The number of amides is 2. The smallest absolute Gasteiger partial charge is 0.315 e. The van der Waals surface area contributed by atoms with Crippen LogP contribution in [0.25, 0.3) is 5.69 Å². The molecule has 0 atom stereocenters. The molecule has 0 saturated heterocycles. The average Bonchev–Trinajstić information content (AvgIpc) is 3.11. The Hall–Kier alpha value is -3.22. The van der Waals surface area contributed by atoms with Gasteiger partial charge in [-0.1, -0.05) is 30.3 Å². The van der Waals surface area contributed by atoms with E-state index in [-0.39, 0.29) is 18.4 Å². The molecule has 0 radical (unpaired) electrons. The highest BCUT2D eigenvalue weighted by Gasteiger charge is 2.08. The van der Waals surface area contributed by atoms with Gasteiger partial charge in [-0.15, -0.1) is 10.2 Å². The van der Waals surface area contributed by atoms with E-state index in [4.69, 9.17) is 0 Å². The second kappa shape index (κ2) is 8.05. The highest BCUT2D eigenvalue weighted by atomic mass is 19.1. The Balaban J connectivity index is 1.47. The molecule has 0 fully saturated rings. The molecule has 0 spiro atoms. The molecular formula is C18H18FN5O. The standard InChI is InChI=1S/C18H18FN5O/c19-15-8-6-14(7-9-15)10-11-20-18(25)21-12-17-23-22-13-24(17)16-4-2-1-3-5-16/h1-9,13H,10-12H2,(H2,20,21,25). The van der Waals surface area contributed by atoms with Gasteiger partial charge in [0, 0.05) is 12.2 Å². The molecule has 0 aliphatic carbocycles. The molecule has 0 unspecified atom stereocenters. The zero-order valence-electron chi connectivity index (χ0n) is 13.5. The molecule has 3 rings (SSSR count). The zero-order chi connectivity index (χ0) is 17.5. The van der Waals surface area contributed by atoms with Crippen LogP contribution in [-0.4, -0.2) is 27.3 Å². The van der Waals surface area contributed by atoms with Gasteiger partial charge in [0.05, 0.1) is 6.54 Å². The Bertz CT molecular complexity index is 817. The molecule has 1 heterocycles. The number of nitrogens with one attached hydrogen (secondary N) is 2. The topological polar surface area (TPSA) is 71.8 Å². The highest BCUT2D eigenvalue weighted by Crippen LogP contribution is 2.08. The van der Waals surface area contributed by atoms with Crippen molar-refractivity contribution in [1.82, 2.24) is 25.4 Å². The van der Waals surface area contributed by atoms with Crippen LogP contribution in [0.2, 0.25) is 0 Å². The monoisotopic (exact) mass is 339 g/mol. The van der Waals surface area contributed by atoms with Crippen LogP contribution in [0.1, 0.15) is 11.4 Å². The van der Waals surface area contributed by atoms with E-state index < -0.39 is 0 Å². The van der Waals surface area contributed by atoms with Crippen LogP contribution in [0.5, 0.6) is 0 Å². The van der Waals surface area contributed by atoms with Gasteiger partial charge in [0.15, 0.2) is 5.82 Å². The van der Waals surface area contributed by atoms with Crippen LogP contribution in [0.4, 0.5) is 9.18 Å². The summed E-state index contributed by atoms with van der Waals surface area (Å²) in [4.78, 5) is 11.9. The predicted octanol–water partition coefficient (Wildman–Crippen LogP) is 2.45. The Morgan fingerprint density at radius 3 is 2.56 bits per heavy atom. The maximum Gasteiger partial charge on any atom is 0.315 e. The number of urea groups is 1. The fourth-order valence-corrected chi connectivity index (χ4v) is 2.38. The first-order valence-electron chi connectivity index (χ1n) is 7.93. The molecule has 0 saturated carbocycles. The summed E-state index contributed by atoms with van der Waals surface area (Å²) in [5.41, 5.74) is 1.89. The first kappa shape index (κ1) is 16.6. The van der Waals surface area contributed by atoms with Crippen molar-refractivity contribution in [3.63, 3.8) is 0 Å². The number of nitrogens with zero attached hydrogens (tertiary/aromatic N) is 3. The summed E-state index contributed by atoms with van der Waals surface area (Å²) in [6.45, 7) is 0.722. The SMILES string of the molecule is O=C(NCCc1ccc(F)cc1)NCc1nncn1-c1ccccc1. The van der Waals surface area contributed by atoms with Crippen molar-refractivity contribution in [2.45, 2.75) is 13.0 Å². The van der Waals surface area contributed by atoms with Crippen LogP contribution in [-0.2, 0) is 13.0 Å². The lowest BCUT2D eigenvalue weighted by Crippen LogP contribution is -2.36. The summed E-state index contributed by atoms with van der Waals surface area (Å²) in [6.07, 6.45) is 2.24. The summed E-state index contributed by atoms with van der Waals surface area (Å²) >= 11 is 0. The fraction of sp³-hybridized carbons (Fsp3) is 0.167. The van der Waals surface area contributed by atoms with Crippen molar-refractivity contribution in [2.24, 2.45) is 0 Å². The van der Waals surface area contributed by atoms with Gasteiger partial charge in [-0.25, -0.2) is 9.18 Å². The van der Waals surface area contributed by atoms with Gasteiger partial charge in [0.1, 0.15) is 12.1 Å². The molecule has 6 nitrogen and oxygen atoms in total. The van der Waals surface area contributed by atoms with Crippen LogP contribution in [0.15, 0.2) is 60.9 Å². The Morgan fingerprint density at radius 1 is 1.04 bits per heavy atom. The minimum absolute atomic E-state index is 0.261. The van der Waals surface area contributed by atoms with Crippen LogP contribution in [0, 0.1) is 5.82 Å². The molecule has 7 heteroatoms. The van der Waals surface area contributed by atoms with Gasteiger partial charge in [-0.2, -0.15) is 0 Å². The quantitative estimate of drug-likeness (QED) is 0.725. The number of rotatable bonds is 6. The maximum atomic E-state index is 12.8. The number of aromatic nitrogens is 3. The lowest BCUT2D eigenvalue weighted by molar-refractivity contribution is 0.240. The van der Waals surface area contributed by atoms with E-state index in [9.17, 15) is 9.18 Å². The van der Waals surface area contributed by atoms with E-state index in [1.54, 1.807) is 18.5 Å². The van der Waals surface area contributed by atoms with Gasteiger partial charge in [0.2, 0.25) is 0 Å². The Kier molecular flexibility index (Phi) is 5.36. The van der Waals surface area contributed by atoms with Crippen molar-refractivity contribution in [3.8, 4) is 5.69 Å². The molecule has 2 amide bonds. The van der Waals surface area contributed by atoms with Crippen molar-refractivity contribution < 1.29 is 9.18 Å². The molecule has 0 aliphatic heterocycles. The molecule has 3 aromatic rings. The first-order valence-corrected chi connectivity index (χ1v) is 7.93. The highest BCUT2D eigenvalue weighted by molar-refractivity contribution is 5.73. The minimum atomic E-state index is -0.287. The number of para-hydroxylation sites is 1. The van der Waals surface area contributed by atoms with Crippen molar-refractivity contribution >= 4 is 6.03 Å². The summed E-state index contributed by atoms with van der Waals surface area (Å²) in [6, 6.07) is 15.6. The van der Waals surface area contributed by atoms with Gasteiger partial charge in [0.25, 0.3) is 0 Å². The van der Waals surface area contributed by atoms with E-state index in [1.165, 1.54) is 12.1 Å². The molecule has 2 aromatic carbocycles. The van der Waals surface area contributed by atoms with E-state index >= 15 is 0 Å². The third-order valence-corrected chi connectivity index (χ3v) is 3.67. The van der Waals surface area contributed by atoms with E-state index in [0.717, 1.165) is 11.3 Å². The van der Waals surface area contributed by atoms with Crippen molar-refractivity contribution in [2.75, 3.05) is 6.54 Å². The largest absolute Gasteiger partial charge is 0.338 e. The number of carbonyl (C=O) groups is 1. The summed E-state index contributed by atoms with van der Waals surface area (Å²) in [5.74, 6) is 0.372. The fourth-order valence-electron chi connectivity index (χ4n) is 2.38. The average molecular weight is 339 g/mol. The number of carbonyl (C=O) groups excluding carboxylic acids is 1. The minimum Gasteiger partial charge on any atom is -0.338 e. The molecular weight excluding hydrogens is 321 g/mol. The van der Waals surface area contributed by atoms with Crippen LogP contribution < -0.4 is 10.6 Å². The van der Waals surface area contributed by atoms with Crippen molar-refractivity contribution in [3.05, 3.63) is 78.1 Å². The van der Waals surface area contributed by atoms with Crippen LogP contribution in [0.3, 0.4) is 0 Å². The number of hydrogen-bond acceptors (Lipinski definition) is 3. The predicted molar refractivity (Wildman–Crippen MR) is 91.7 cm³/mol. The first-order chi connectivity index (χ1) is 12.2. The van der Waals surface area contributed by atoms with Gasteiger partial charge in [-0.3, -0.25) is 4.57 Å². The number of hydrogen-bond donors (Lipinski definition) is 2. The lowest BCUT2D eigenvalue weighted by atomic mass is 10.1. The molecule has 128 valence electrons. The Labute approximate surface area is 144 Å². The Morgan fingerprint density at radius 2 is 1.80 bits per heavy atom. The van der Waals surface area contributed by atoms with Crippen LogP contribution >= 0.6 is 0 Å². The second-order valence-electron chi connectivity index (χ2n) is 5.44.